The van der Waals surface area contributed by atoms with Crippen LogP contribution in [0.4, 0.5) is 4.39 Å². The van der Waals surface area contributed by atoms with Crippen LogP contribution in [0.25, 0.3) is 10.9 Å². The van der Waals surface area contributed by atoms with Gasteiger partial charge in [-0.3, -0.25) is 4.79 Å². The summed E-state index contributed by atoms with van der Waals surface area (Å²) in [5.74, 6) is -0.575. The van der Waals surface area contributed by atoms with Crippen molar-refractivity contribution in [2.45, 2.75) is 0 Å². The van der Waals surface area contributed by atoms with Crippen LogP contribution in [-0.4, -0.2) is 11.3 Å². The summed E-state index contributed by atoms with van der Waals surface area (Å²) in [5.41, 5.74) is 0.490. The van der Waals surface area contributed by atoms with Crippen LogP contribution in [0.1, 0.15) is 10.5 Å². The van der Waals surface area contributed by atoms with Gasteiger partial charge in [-0.1, -0.05) is 18.2 Å². The van der Waals surface area contributed by atoms with E-state index in [1.54, 1.807) is 24.3 Å². The van der Waals surface area contributed by atoms with Crippen LogP contribution in [0, 0.1) is 5.82 Å². The molecule has 0 radical (unpaired) electrons. The molecule has 13 heavy (non-hydrogen) atoms. The molecular formula is C10H6FNO. The summed E-state index contributed by atoms with van der Waals surface area (Å²) >= 11 is 0. The number of aldehydes is 1. The number of nitrogens with zero attached hydrogens (tertiary/aromatic N) is 1. The molecule has 3 heteroatoms. The Morgan fingerprint density at radius 1 is 1.31 bits per heavy atom. The number of benzene rings is 1. The quantitative estimate of drug-likeness (QED) is 0.622. The average molecular weight is 175 g/mol. The molecule has 0 N–H and O–H groups in total. The lowest BCUT2D eigenvalue weighted by atomic mass is 10.2. The Balaban J connectivity index is 2.81. The second-order valence-corrected chi connectivity index (χ2v) is 2.67. The van der Waals surface area contributed by atoms with Gasteiger partial charge >= 0.3 is 0 Å². The molecule has 1 aromatic heterocycles. The van der Waals surface area contributed by atoms with Gasteiger partial charge in [0.15, 0.2) is 12.1 Å². The maximum absolute atomic E-state index is 13.0. The third-order valence-corrected chi connectivity index (χ3v) is 1.82. The number of rotatable bonds is 1. The zero-order valence-electron chi connectivity index (χ0n) is 6.70. The molecular weight excluding hydrogens is 169 g/mol. The predicted molar refractivity (Wildman–Crippen MR) is 47.1 cm³/mol. The van der Waals surface area contributed by atoms with Crippen molar-refractivity contribution in [3.05, 3.63) is 41.8 Å². The molecule has 2 nitrogen and oxygen atoms in total. The SMILES string of the molecule is O=Cc1nc2ccccc2cc1F. The highest BCUT2D eigenvalue weighted by atomic mass is 19.1. The first-order chi connectivity index (χ1) is 6.31. The summed E-state index contributed by atoms with van der Waals surface area (Å²) in [6, 6.07) is 8.39. The van der Waals surface area contributed by atoms with Crippen LogP contribution < -0.4 is 0 Å². The molecule has 0 aliphatic heterocycles. The molecule has 0 aliphatic rings. The molecule has 2 rings (SSSR count). The van der Waals surface area contributed by atoms with E-state index in [1.807, 2.05) is 0 Å². The normalized spacial score (nSPS) is 10.2. The van der Waals surface area contributed by atoms with E-state index in [1.165, 1.54) is 6.07 Å². The maximum atomic E-state index is 13.0. The van der Waals surface area contributed by atoms with E-state index >= 15 is 0 Å². The zero-order chi connectivity index (χ0) is 9.26. The first-order valence-electron chi connectivity index (χ1n) is 3.82. The van der Waals surface area contributed by atoms with Crippen molar-refractivity contribution in [3.63, 3.8) is 0 Å². The van der Waals surface area contributed by atoms with Crippen LogP contribution in [0.15, 0.2) is 30.3 Å². The Hall–Kier alpha value is -1.77. The van der Waals surface area contributed by atoms with E-state index in [-0.39, 0.29) is 5.69 Å². The van der Waals surface area contributed by atoms with E-state index in [4.69, 9.17) is 0 Å². The number of para-hydroxylation sites is 1. The lowest BCUT2D eigenvalue weighted by molar-refractivity contribution is 0.111. The van der Waals surface area contributed by atoms with Gasteiger partial charge in [-0.25, -0.2) is 9.37 Å². The van der Waals surface area contributed by atoms with Gasteiger partial charge in [0.1, 0.15) is 5.69 Å². The van der Waals surface area contributed by atoms with Crippen molar-refractivity contribution in [2.75, 3.05) is 0 Å². The Morgan fingerprint density at radius 3 is 2.85 bits per heavy atom. The number of carbonyl (C=O) groups excluding carboxylic acids is 1. The molecule has 1 aromatic carbocycles. The standard InChI is InChI=1S/C10H6FNO/c11-8-5-7-3-1-2-4-9(7)12-10(8)6-13/h1-6H. The number of halogens is 1. The van der Waals surface area contributed by atoms with E-state index in [9.17, 15) is 9.18 Å². The summed E-state index contributed by atoms with van der Waals surface area (Å²) in [6.07, 6.45) is 0.418. The van der Waals surface area contributed by atoms with Gasteiger partial charge < -0.3 is 0 Å². The van der Waals surface area contributed by atoms with Gasteiger partial charge in [0, 0.05) is 5.39 Å². The summed E-state index contributed by atoms with van der Waals surface area (Å²) < 4.78 is 13.0. The number of pyridine rings is 1. The minimum atomic E-state index is -0.575. The predicted octanol–water partition coefficient (Wildman–Crippen LogP) is 2.19. The van der Waals surface area contributed by atoms with Gasteiger partial charge in [0.2, 0.25) is 0 Å². The fourth-order valence-corrected chi connectivity index (χ4v) is 1.19. The molecule has 0 saturated heterocycles. The number of fused-ring (bicyclic) bond motifs is 1. The fraction of sp³-hybridized carbons (Fsp3) is 0. The maximum Gasteiger partial charge on any atom is 0.171 e. The number of hydrogen-bond acceptors (Lipinski definition) is 2. The van der Waals surface area contributed by atoms with Gasteiger partial charge in [-0.2, -0.15) is 0 Å². The second-order valence-electron chi connectivity index (χ2n) is 2.67. The lowest BCUT2D eigenvalue weighted by Gasteiger charge is -1.98. The number of hydrogen-bond donors (Lipinski definition) is 0. The van der Waals surface area contributed by atoms with Crippen LogP contribution in [0.3, 0.4) is 0 Å². The van der Waals surface area contributed by atoms with Crippen molar-refractivity contribution in [3.8, 4) is 0 Å². The highest BCUT2D eigenvalue weighted by molar-refractivity contribution is 5.83. The molecule has 0 aliphatic carbocycles. The molecule has 0 bridgehead atoms. The van der Waals surface area contributed by atoms with Crippen molar-refractivity contribution in [1.29, 1.82) is 0 Å². The molecule has 0 spiro atoms. The van der Waals surface area contributed by atoms with E-state index < -0.39 is 5.82 Å². The van der Waals surface area contributed by atoms with Crippen LogP contribution >= 0.6 is 0 Å². The van der Waals surface area contributed by atoms with Gasteiger partial charge in [0.25, 0.3) is 0 Å². The smallest absolute Gasteiger partial charge is 0.171 e. The highest BCUT2D eigenvalue weighted by Crippen LogP contribution is 2.13. The molecule has 0 saturated carbocycles. The first kappa shape index (κ1) is 7.86. The summed E-state index contributed by atoms with van der Waals surface area (Å²) in [7, 11) is 0. The van der Waals surface area contributed by atoms with Crippen molar-refractivity contribution in [2.24, 2.45) is 0 Å². The summed E-state index contributed by atoms with van der Waals surface area (Å²) in [5, 5.41) is 0.700. The van der Waals surface area contributed by atoms with E-state index in [2.05, 4.69) is 4.98 Å². The van der Waals surface area contributed by atoms with Crippen molar-refractivity contribution >= 4 is 17.2 Å². The van der Waals surface area contributed by atoms with Crippen molar-refractivity contribution < 1.29 is 9.18 Å². The van der Waals surface area contributed by atoms with Gasteiger partial charge in [0.05, 0.1) is 5.52 Å². The Morgan fingerprint density at radius 2 is 2.08 bits per heavy atom. The molecule has 64 valence electrons. The lowest BCUT2D eigenvalue weighted by Crippen LogP contribution is -1.92. The van der Waals surface area contributed by atoms with Crippen LogP contribution in [0.5, 0.6) is 0 Å². The molecule has 2 aromatic rings. The molecule has 0 fully saturated rings. The van der Waals surface area contributed by atoms with Crippen molar-refractivity contribution in [1.82, 2.24) is 4.98 Å². The topological polar surface area (TPSA) is 30.0 Å². The largest absolute Gasteiger partial charge is 0.296 e. The summed E-state index contributed by atoms with van der Waals surface area (Å²) in [6.45, 7) is 0. The Bertz CT molecular complexity index is 467. The minimum Gasteiger partial charge on any atom is -0.296 e. The van der Waals surface area contributed by atoms with Gasteiger partial charge in [-0.05, 0) is 12.1 Å². The first-order valence-corrected chi connectivity index (χ1v) is 3.82. The fourth-order valence-electron chi connectivity index (χ4n) is 1.19. The summed E-state index contributed by atoms with van der Waals surface area (Å²) in [4.78, 5) is 14.2. The number of carbonyl (C=O) groups is 1. The third-order valence-electron chi connectivity index (χ3n) is 1.82. The monoisotopic (exact) mass is 175 g/mol. The average Bonchev–Trinajstić information content (AvgIpc) is 2.17. The zero-order valence-corrected chi connectivity index (χ0v) is 6.70. The van der Waals surface area contributed by atoms with E-state index in [0.29, 0.717) is 17.2 Å². The second kappa shape index (κ2) is 2.94. The van der Waals surface area contributed by atoms with E-state index in [0.717, 1.165) is 0 Å². The van der Waals surface area contributed by atoms with Crippen LogP contribution in [0.2, 0.25) is 0 Å². The number of aromatic nitrogens is 1. The molecule has 0 atom stereocenters. The van der Waals surface area contributed by atoms with Gasteiger partial charge in [-0.15, -0.1) is 0 Å². The van der Waals surface area contributed by atoms with Crippen LogP contribution in [-0.2, 0) is 0 Å². The Kier molecular flexibility index (Phi) is 1.77. The third kappa shape index (κ3) is 1.28. The minimum absolute atomic E-state index is 0.140. The Labute approximate surface area is 74.0 Å². The molecule has 0 unspecified atom stereocenters. The molecule has 1 heterocycles. The molecule has 0 amide bonds. The highest BCUT2D eigenvalue weighted by Gasteiger charge is 2.03.